The average molecular weight is 422 g/mol. The Labute approximate surface area is 177 Å². The van der Waals surface area contributed by atoms with Gasteiger partial charge in [-0.1, -0.05) is 54.1 Å². The van der Waals surface area contributed by atoms with Crippen LogP contribution in [-0.4, -0.2) is 24.1 Å². The third-order valence-corrected chi connectivity index (χ3v) is 4.99. The van der Waals surface area contributed by atoms with Gasteiger partial charge < -0.3 is 10.2 Å². The Morgan fingerprint density at radius 1 is 1.07 bits per heavy atom. The van der Waals surface area contributed by atoms with E-state index < -0.39 is 11.7 Å². The van der Waals surface area contributed by atoms with Crippen molar-refractivity contribution in [2.75, 3.05) is 16.8 Å². The molecule has 1 aliphatic rings. The Kier molecular flexibility index (Phi) is 5.59. The normalized spacial score (nSPS) is 13.3. The molecule has 1 heterocycles. The van der Waals surface area contributed by atoms with Crippen LogP contribution >= 0.6 is 11.6 Å². The fourth-order valence-electron chi connectivity index (χ4n) is 3.24. The third kappa shape index (κ3) is 4.23. The molecule has 2 amide bonds. The Balaban J connectivity index is 1.61. The lowest BCUT2D eigenvalue weighted by atomic mass is 10.1. The molecule has 0 fully saturated rings. The van der Waals surface area contributed by atoms with Crippen molar-refractivity contribution in [3.63, 3.8) is 0 Å². The summed E-state index contributed by atoms with van der Waals surface area (Å²) < 4.78 is 13.5. The molecule has 0 unspecified atom stereocenters. The molecule has 0 saturated heterocycles. The molecule has 0 spiro atoms. The topological polar surface area (TPSA) is 61.8 Å². The Hall–Kier alpha value is -3.51. The van der Waals surface area contributed by atoms with Gasteiger partial charge in [-0.25, -0.2) is 4.39 Å². The summed E-state index contributed by atoms with van der Waals surface area (Å²) >= 11 is 6.03. The lowest BCUT2D eigenvalue weighted by Crippen LogP contribution is -2.38. The van der Waals surface area contributed by atoms with Gasteiger partial charge in [0.15, 0.2) is 0 Å². The van der Waals surface area contributed by atoms with Gasteiger partial charge in [0.05, 0.1) is 34.2 Å². The smallest absolute Gasteiger partial charge is 0.244 e. The first-order chi connectivity index (χ1) is 14.5. The molecule has 3 aromatic carbocycles. The van der Waals surface area contributed by atoms with Gasteiger partial charge in [0.25, 0.3) is 0 Å². The molecule has 0 saturated carbocycles. The Bertz CT molecular complexity index is 1150. The van der Waals surface area contributed by atoms with Gasteiger partial charge >= 0.3 is 0 Å². The molecule has 3 aromatic rings. The van der Waals surface area contributed by atoms with Crippen LogP contribution in [0.1, 0.15) is 12.0 Å². The van der Waals surface area contributed by atoms with Gasteiger partial charge in [-0.3, -0.25) is 14.6 Å². The van der Waals surface area contributed by atoms with E-state index in [-0.39, 0.29) is 29.6 Å². The summed E-state index contributed by atoms with van der Waals surface area (Å²) in [4.78, 5) is 31.8. The number of rotatable bonds is 4. The van der Waals surface area contributed by atoms with E-state index in [1.54, 1.807) is 18.2 Å². The summed E-state index contributed by atoms with van der Waals surface area (Å²) in [6, 6.07) is 20.3. The van der Waals surface area contributed by atoms with Crippen LogP contribution < -0.4 is 10.2 Å². The first-order valence-electron chi connectivity index (χ1n) is 9.28. The zero-order valence-electron chi connectivity index (χ0n) is 15.8. The van der Waals surface area contributed by atoms with Gasteiger partial charge in [0.2, 0.25) is 11.8 Å². The number of hydrogen-bond acceptors (Lipinski definition) is 3. The zero-order chi connectivity index (χ0) is 21.1. The predicted molar refractivity (Wildman–Crippen MR) is 116 cm³/mol. The molecule has 5 nitrogen and oxygen atoms in total. The average Bonchev–Trinajstić information content (AvgIpc) is 2.88. The molecule has 30 heavy (non-hydrogen) atoms. The molecule has 7 heteroatoms. The summed E-state index contributed by atoms with van der Waals surface area (Å²) in [7, 11) is 0. The summed E-state index contributed by atoms with van der Waals surface area (Å²) in [5.41, 5.74) is 2.76. The van der Waals surface area contributed by atoms with E-state index in [9.17, 15) is 14.0 Å². The highest BCUT2D eigenvalue weighted by Gasteiger charge is 2.26. The van der Waals surface area contributed by atoms with Crippen LogP contribution in [-0.2, 0) is 9.59 Å². The van der Waals surface area contributed by atoms with Gasteiger partial charge in [0, 0.05) is 0 Å². The quantitative estimate of drug-likeness (QED) is 0.646. The van der Waals surface area contributed by atoms with Crippen molar-refractivity contribution in [1.29, 1.82) is 0 Å². The van der Waals surface area contributed by atoms with Crippen LogP contribution in [0.4, 0.5) is 21.5 Å². The van der Waals surface area contributed by atoms with Crippen LogP contribution in [0.15, 0.2) is 77.8 Å². The number of anilines is 2. The molecule has 0 aromatic heterocycles. The van der Waals surface area contributed by atoms with Crippen molar-refractivity contribution in [2.45, 2.75) is 6.42 Å². The van der Waals surface area contributed by atoms with Crippen LogP contribution in [0.3, 0.4) is 0 Å². The molecular weight excluding hydrogens is 405 g/mol. The largest absolute Gasteiger partial charge is 0.323 e. The SMILES string of the molecule is O=C(CN1C(=O)CC(c2ccccc2)=Nc2ccccc21)Nc1cc(F)ccc1Cl. The Morgan fingerprint density at radius 3 is 2.60 bits per heavy atom. The van der Waals surface area contributed by atoms with Crippen LogP contribution in [0, 0.1) is 5.82 Å². The lowest BCUT2D eigenvalue weighted by molar-refractivity contribution is -0.120. The van der Waals surface area contributed by atoms with Gasteiger partial charge in [-0.2, -0.15) is 0 Å². The van der Waals surface area contributed by atoms with Crippen molar-refractivity contribution in [3.05, 3.63) is 89.2 Å². The second kappa shape index (κ2) is 8.47. The number of benzene rings is 3. The van der Waals surface area contributed by atoms with Crippen molar-refractivity contribution >= 4 is 46.2 Å². The molecule has 0 bridgehead atoms. The zero-order valence-corrected chi connectivity index (χ0v) is 16.6. The standard InChI is InChI=1S/C23H17ClFN3O2/c24-17-11-10-16(25)12-20(17)27-22(29)14-28-21-9-5-4-8-18(21)26-19(13-23(28)30)15-6-2-1-3-7-15/h1-12H,13-14H2,(H,27,29). The predicted octanol–water partition coefficient (Wildman–Crippen LogP) is 4.98. The maximum atomic E-state index is 13.5. The van der Waals surface area contributed by atoms with Crippen LogP contribution in [0.25, 0.3) is 0 Å². The first kappa shape index (κ1) is 19.8. The number of aliphatic imine (C=N–C) groups is 1. The maximum absolute atomic E-state index is 13.5. The van der Waals surface area contributed by atoms with E-state index in [0.29, 0.717) is 17.1 Å². The minimum absolute atomic E-state index is 0.0483. The molecule has 1 N–H and O–H groups in total. The lowest BCUT2D eigenvalue weighted by Gasteiger charge is -2.22. The number of fused-ring (bicyclic) bond motifs is 1. The van der Waals surface area contributed by atoms with Crippen LogP contribution in [0.2, 0.25) is 5.02 Å². The summed E-state index contributed by atoms with van der Waals surface area (Å²) in [6.07, 6.45) is 0.0483. The van der Waals surface area contributed by atoms with Gasteiger partial charge in [0.1, 0.15) is 12.4 Å². The molecule has 0 atom stereocenters. The summed E-state index contributed by atoms with van der Waals surface area (Å²) in [5, 5.41) is 2.78. The minimum Gasteiger partial charge on any atom is -0.323 e. The van der Waals surface area contributed by atoms with Crippen molar-refractivity contribution < 1.29 is 14.0 Å². The van der Waals surface area contributed by atoms with Crippen LogP contribution in [0.5, 0.6) is 0 Å². The highest BCUT2D eigenvalue weighted by atomic mass is 35.5. The third-order valence-electron chi connectivity index (χ3n) is 4.66. The number of halogens is 2. The van der Waals surface area contributed by atoms with Crippen molar-refractivity contribution in [2.24, 2.45) is 4.99 Å². The monoisotopic (exact) mass is 421 g/mol. The number of amides is 2. The first-order valence-corrected chi connectivity index (χ1v) is 9.66. The molecule has 150 valence electrons. The molecule has 0 radical (unpaired) electrons. The van der Waals surface area contributed by atoms with Gasteiger partial charge in [-0.15, -0.1) is 0 Å². The Morgan fingerprint density at radius 2 is 1.80 bits per heavy atom. The second-order valence-electron chi connectivity index (χ2n) is 6.74. The number of nitrogens with one attached hydrogen (secondary N) is 1. The summed E-state index contributed by atoms with van der Waals surface area (Å²) in [5.74, 6) is -1.27. The summed E-state index contributed by atoms with van der Waals surface area (Å²) in [6.45, 7) is -0.250. The molecule has 0 aliphatic carbocycles. The molecule has 4 rings (SSSR count). The number of para-hydroxylation sites is 2. The van der Waals surface area contributed by atoms with E-state index in [4.69, 9.17) is 11.6 Å². The maximum Gasteiger partial charge on any atom is 0.244 e. The van der Waals surface area contributed by atoms with Gasteiger partial charge in [-0.05, 0) is 35.9 Å². The van der Waals surface area contributed by atoms with E-state index in [2.05, 4.69) is 10.3 Å². The van der Waals surface area contributed by atoms with E-state index in [1.807, 2.05) is 36.4 Å². The number of carbonyl (C=O) groups excluding carboxylic acids is 2. The molecular formula is C23H17ClFN3O2. The molecule has 1 aliphatic heterocycles. The fourth-order valence-corrected chi connectivity index (χ4v) is 3.41. The minimum atomic E-state index is -0.521. The number of carbonyl (C=O) groups is 2. The van der Waals surface area contributed by atoms with E-state index in [1.165, 1.54) is 17.0 Å². The number of nitrogens with zero attached hydrogens (tertiary/aromatic N) is 2. The fraction of sp³-hybridized carbons (Fsp3) is 0.0870. The highest BCUT2D eigenvalue weighted by Crippen LogP contribution is 2.33. The van der Waals surface area contributed by atoms with Crippen molar-refractivity contribution in [3.8, 4) is 0 Å². The highest BCUT2D eigenvalue weighted by molar-refractivity contribution is 6.33. The van der Waals surface area contributed by atoms with Crippen molar-refractivity contribution in [1.82, 2.24) is 0 Å². The number of hydrogen-bond donors (Lipinski definition) is 1. The van der Waals surface area contributed by atoms with E-state index >= 15 is 0 Å². The second-order valence-corrected chi connectivity index (χ2v) is 7.15. The van der Waals surface area contributed by atoms with E-state index in [0.717, 1.165) is 11.6 Å².